The molecule has 5 heteroatoms. The highest BCUT2D eigenvalue weighted by Gasteiger charge is 2.17. The molecule has 3 rings (SSSR count). The molecule has 0 atom stereocenters. The number of hydrogen-bond acceptors (Lipinski definition) is 1. The van der Waals surface area contributed by atoms with E-state index in [1.807, 2.05) is 18.2 Å². The van der Waals surface area contributed by atoms with E-state index in [0.29, 0.717) is 17.8 Å². The molecule has 0 aliphatic carbocycles. The van der Waals surface area contributed by atoms with Gasteiger partial charge in [-0.3, -0.25) is 0 Å². The molecule has 0 spiro atoms. The van der Waals surface area contributed by atoms with Crippen molar-refractivity contribution in [2.75, 3.05) is 6.54 Å². The molecule has 2 nitrogen and oxygen atoms in total. The predicted molar refractivity (Wildman–Crippen MR) is 93.3 cm³/mol. The number of aromatic amines is 1. The first kappa shape index (κ1) is 16.1. The Morgan fingerprint density at radius 3 is 2.65 bits per heavy atom. The van der Waals surface area contributed by atoms with Crippen molar-refractivity contribution in [3.8, 4) is 11.3 Å². The third-order valence-corrected chi connectivity index (χ3v) is 4.63. The minimum atomic E-state index is -0.576. The van der Waals surface area contributed by atoms with Crippen LogP contribution in [0.15, 0.2) is 40.9 Å². The maximum absolute atomic E-state index is 14.2. The van der Waals surface area contributed by atoms with E-state index in [4.69, 9.17) is 5.73 Å². The van der Waals surface area contributed by atoms with E-state index in [-0.39, 0.29) is 0 Å². The number of para-hydroxylation sites is 1. The van der Waals surface area contributed by atoms with Gasteiger partial charge in [-0.05, 0) is 65.5 Å². The van der Waals surface area contributed by atoms with Crippen LogP contribution in [0.1, 0.15) is 18.4 Å². The van der Waals surface area contributed by atoms with Crippen LogP contribution in [0.3, 0.4) is 0 Å². The third-order valence-electron chi connectivity index (χ3n) is 3.97. The molecule has 0 aliphatic heterocycles. The van der Waals surface area contributed by atoms with E-state index in [9.17, 15) is 8.78 Å². The second kappa shape index (κ2) is 6.81. The number of aryl methyl sites for hydroxylation is 1. The van der Waals surface area contributed by atoms with Crippen LogP contribution in [0.5, 0.6) is 0 Å². The van der Waals surface area contributed by atoms with Gasteiger partial charge in [0.1, 0.15) is 11.6 Å². The Morgan fingerprint density at radius 2 is 1.91 bits per heavy atom. The van der Waals surface area contributed by atoms with Gasteiger partial charge in [0.05, 0.1) is 11.2 Å². The predicted octanol–water partition coefficient (Wildman–Crippen LogP) is 5.16. The summed E-state index contributed by atoms with van der Waals surface area (Å²) in [4.78, 5) is 3.30. The number of hydrogen-bond donors (Lipinski definition) is 2. The fraction of sp³-hybridized carbons (Fsp3) is 0.222. The molecule has 0 amide bonds. The number of H-pyrrole nitrogens is 1. The van der Waals surface area contributed by atoms with Crippen LogP contribution in [0.2, 0.25) is 0 Å². The maximum Gasteiger partial charge on any atom is 0.135 e. The average molecular weight is 379 g/mol. The van der Waals surface area contributed by atoms with Gasteiger partial charge in [-0.25, -0.2) is 8.78 Å². The Hall–Kier alpha value is -1.72. The first-order valence-corrected chi connectivity index (χ1v) is 8.35. The summed E-state index contributed by atoms with van der Waals surface area (Å²) >= 11 is 3.52. The van der Waals surface area contributed by atoms with Gasteiger partial charge in [0.25, 0.3) is 0 Å². The molecule has 0 saturated carbocycles. The van der Waals surface area contributed by atoms with E-state index in [0.717, 1.165) is 46.3 Å². The molecule has 1 heterocycles. The highest BCUT2D eigenvalue weighted by Crippen LogP contribution is 2.35. The largest absolute Gasteiger partial charge is 0.353 e. The zero-order valence-corrected chi connectivity index (χ0v) is 14.1. The Balaban J connectivity index is 2.17. The van der Waals surface area contributed by atoms with Gasteiger partial charge in [-0.15, -0.1) is 0 Å². The van der Waals surface area contributed by atoms with Crippen molar-refractivity contribution in [3.63, 3.8) is 0 Å². The van der Waals surface area contributed by atoms with Gasteiger partial charge < -0.3 is 10.7 Å². The summed E-state index contributed by atoms with van der Waals surface area (Å²) in [5.41, 5.74) is 8.64. The Kier molecular flexibility index (Phi) is 4.78. The second-order valence-corrected chi connectivity index (χ2v) is 6.37. The van der Waals surface area contributed by atoms with Crippen LogP contribution in [0.4, 0.5) is 8.78 Å². The van der Waals surface area contributed by atoms with E-state index in [1.54, 1.807) is 0 Å². The lowest BCUT2D eigenvalue weighted by Crippen LogP contribution is -1.99. The molecule has 3 aromatic rings. The molecule has 0 fully saturated rings. The molecule has 0 radical (unpaired) electrons. The van der Waals surface area contributed by atoms with Crippen LogP contribution in [0, 0.1) is 11.6 Å². The number of nitrogens with one attached hydrogen (secondary N) is 1. The standard InChI is InChI=1S/C18H17BrF2N2/c19-15-6-3-5-13-12(4-1-2-9-22)17(23-18(13)15)14-8-7-11(20)10-16(14)21/h3,5-8,10,23H,1-2,4,9,22H2. The number of rotatable bonds is 5. The van der Waals surface area contributed by atoms with Gasteiger partial charge in [0.15, 0.2) is 0 Å². The second-order valence-electron chi connectivity index (χ2n) is 5.51. The van der Waals surface area contributed by atoms with Gasteiger partial charge >= 0.3 is 0 Å². The minimum absolute atomic E-state index is 0.386. The van der Waals surface area contributed by atoms with E-state index < -0.39 is 11.6 Å². The van der Waals surface area contributed by atoms with E-state index in [2.05, 4.69) is 20.9 Å². The fourth-order valence-electron chi connectivity index (χ4n) is 2.87. The van der Waals surface area contributed by atoms with Crippen molar-refractivity contribution in [1.29, 1.82) is 0 Å². The molecule has 0 bridgehead atoms. The van der Waals surface area contributed by atoms with Crippen molar-refractivity contribution in [3.05, 3.63) is 58.1 Å². The monoisotopic (exact) mass is 378 g/mol. The summed E-state index contributed by atoms with van der Waals surface area (Å²) in [6, 6.07) is 9.59. The van der Waals surface area contributed by atoms with Crippen LogP contribution < -0.4 is 5.73 Å². The minimum Gasteiger partial charge on any atom is -0.353 e. The lowest BCUT2D eigenvalue weighted by molar-refractivity contribution is 0.585. The highest BCUT2D eigenvalue weighted by atomic mass is 79.9. The number of nitrogens with two attached hydrogens (primary N) is 1. The molecule has 3 N–H and O–H groups in total. The average Bonchev–Trinajstić information content (AvgIpc) is 2.88. The van der Waals surface area contributed by atoms with Crippen molar-refractivity contribution < 1.29 is 8.78 Å². The number of aromatic nitrogens is 1. The quantitative estimate of drug-likeness (QED) is 0.591. The molecule has 120 valence electrons. The Bertz CT molecular complexity index is 842. The lowest BCUT2D eigenvalue weighted by atomic mass is 10.00. The van der Waals surface area contributed by atoms with Gasteiger partial charge in [0.2, 0.25) is 0 Å². The number of unbranched alkanes of at least 4 members (excludes halogenated alkanes) is 1. The molecule has 0 unspecified atom stereocenters. The highest BCUT2D eigenvalue weighted by molar-refractivity contribution is 9.10. The number of halogens is 3. The summed E-state index contributed by atoms with van der Waals surface area (Å²) in [6.07, 6.45) is 2.62. The molecule has 0 saturated heterocycles. The zero-order chi connectivity index (χ0) is 16.4. The molecular formula is C18H17BrF2N2. The summed E-state index contributed by atoms with van der Waals surface area (Å²) in [5, 5.41) is 1.05. The summed E-state index contributed by atoms with van der Waals surface area (Å²) in [7, 11) is 0. The first-order chi connectivity index (χ1) is 11.1. The van der Waals surface area contributed by atoms with Crippen LogP contribution in [0.25, 0.3) is 22.2 Å². The maximum atomic E-state index is 14.2. The molecule has 0 aliphatic rings. The van der Waals surface area contributed by atoms with Crippen molar-refractivity contribution in [1.82, 2.24) is 4.98 Å². The zero-order valence-electron chi connectivity index (χ0n) is 12.5. The van der Waals surface area contributed by atoms with Crippen LogP contribution in [-0.2, 0) is 6.42 Å². The molecule has 1 aromatic heterocycles. The smallest absolute Gasteiger partial charge is 0.135 e. The van der Waals surface area contributed by atoms with Crippen molar-refractivity contribution in [2.24, 2.45) is 5.73 Å². The van der Waals surface area contributed by atoms with Crippen molar-refractivity contribution >= 4 is 26.8 Å². The molecular weight excluding hydrogens is 362 g/mol. The first-order valence-electron chi connectivity index (χ1n) is 7.56. The topological polar surface area (TPSA) is 41.8 Å². The number of benzene rings is 2. The van der Waals surface area contributed by atoms with Crippen molar-refractivity contribution in [2.45, 2.75) is 19.3 Å². The van der Waals surface area contributed by atoms with Gasteiger partial charge in [-0.2, -0.15) is 0 Å². The molecule has 2 aromatic carbocycles. The Labute approximate surface area is 141 Å². The number of fused-ring (bicyclic) bond motifs is 1. The van der Waals surface area contributed by atoms with Crippen LogP contribution >= 0.6 is 15.9 Å². The van der Waals surface area contributed by atoms with Crippen LogP contribution in [-0.4, -0.2) is 11.5 Å². The van der Waals surface area contributed by atoms with Gasteiger partial charge in [-0.1, -0.05) is 12.1 Å². The summed E-state index contributed by atoms with van der Waals surface area (Å²) in [6.45, 7) is 0.631. The molecule has 23 heavy (non-hydrogen) atoms. The van der Waals surface area contributed by atoms with E-state index >= 15 is 0 Å². The fourth-order valence-corrected chi connectivity index (χ4v) is 3.33. The third kappa shape index (κ3) is 3.16. The summed E-state index contributed by atoms with van der Waals surface area (Å²) < 4.78 is 28.4. The normalized spacial score (nSPS) is 11.3. The lowest BCUT2D eigenvalue weighted by Gasteiger charge is -2.06. The van der Waals surface area contributed by atoms with Gasteiger partial charge in [0, 0.05) is 21.5 Å². The Morgan fingerprint density at radius 1 is 1.09 bits per heavy atom. The van der Waals surface area contributed by atoms with E-state index in [1.165, 1.54) is 12.1 Å². The summed E-state index contributed by atoms with van der Waals surface area (Å²) in [5.74, 6) is -1.14. The SMILES string of the molecule is NCCCCc1c(-c2ccc(F)cc2F)[nH]c2c(Br)cccc12.